The first-order chi connectivity index (χ1) is 18.0. The van der Waals surface area contributed by atoms with Gasteiger partial charge in [0.2, 0.25) is 0 Å². The number of thiazole rings is 1. The predicted octanol–water partition coefficient (Wildman–Crippen LogP) is 5.50. The largest absolute Gasteiger partial charge is 0.371 e. The van der Waals surface area contributed by atoms with Crippen LogP contribution in [-0.4, -0.2) is 31.5 Å². The third-order valence-electron chi connectivity index (χ3n) is 5.50. The first-order valence-corrected chi connectivity index (χ1v) is 12.7. The van der Waals surface area contributed by atoms with Crippen LogP contribution in [0.5, 0.6) is 0 Å². The van der Waals surface area contributed by atoms with E-state index < -0.39 is 11.9 Å². The van der Waals surface area contributed by atoms with Crippen LogP contribution in [0.15, 0.2) is 53.6 Å². The van der Waals surface area contributed by atoms with Crippen LogP contribution in [0.2, 0.25) is 10.0 Å². The predicted molar refractivity (Wildman–Crippen MR) is 143 cm³/mol. The van der Waals surface area contributed by atoms with Gasteiger partial charge in [0.1, 0.15) is 23.6 Å². The van der Waals surface area contributed by atoms with Gasteiger partial charge in [-0.25, -0.2) is 9.37 Å². The van der Waals surface area contributed by atoms with Crippen LogP contribution < -0.4 is 16.4 Å². The number of fused-ring (bicyclic) bond motifs is 1. The number of benzene rings is 2. The van der Waals surface area contributed by atoms with Crippen molar-refractivity contribution in [2.75, 3.05) is 17.2 Å². The van der Waals surface area contributed by atoms with E-state index in [1.54, 1.807) is 16.3 Å². The van der Waals surface area contributed by atoms with Gasteiger partial charge in [-0.15, -0.1) is 16.4 Å². The monoisotopic (exact) mass is 553 g/mol. The van der Waals surface area contributed by atoms with Crippen LogP contribution in [0, 0.1) is 17.1 Å². The summed E-state index contributed by atoms with van der Waals surface area (Å²) < 4.78 is 15.4. The quantitative estimate of drug-likeness (QED) is 0.229. The highest BCUT2D eigenvalue weighted by Crippen LogP contribution is 2.37. The Kier molecular flexibility index (Phi) is 7.16. The lowest BCUT2D eigenvalue weighted by Gasteiger charge is -2.18. The summed E-state index contributed by atoms with van der Waals surface area (Å²) in [5.74, 6) is -0.543. The molecule has 5 rings (SSSR count). The van der Waals surface area contributed by atoms with Crippen molar-refractivity contribution in [2.45, 2.75) is 12.6 Å². The van der Waals surface area contributed by atoms with Crippen LogP contribution in [0.4, 0.5) is 21.5 Å². The number of aromatic nitrogens is 5. The van der Waals surface area contributed by atoms with E-state index in [9.17, 15) is 9.65 Å². The highest BCUT2D eigenvalue weighted by atomic mass is 35.5. The van der Waals surface area contributed by atoms with Crippen molar-refractivity contribution in [3.8, 4) is 6.07 Å². The molecule has 0 fully saturated rings. The van der Waals surface area contributed by atoms with Crippen molar-refractivity contribution in [1.29, 1.82) is 5.26 Å². The molecule has 4 N–H and O–H groups in total. The van der Waals surface area contributed by atoms with Crippen LogP contribution in [0.25, 0.3) is 10.9 Å². The number of pyridine rings is 1. The van der Waals surface area contributed by atoms with Gasteiger partial charge in [0.25, 0.3) is 0 Å². The van der Waals surface area contributed by atoms with Crippen molar-refractivity contribution in [1.82, 2.24) is 25.0 Å². The molecule has 0 spiro atoms. The summed E-state index contributed by atoms with van der Waals surface area (Å²) in [6.45, 7) is 0.963. The van der Waals surface area contributed by atoms with Crippen molar-refractivity contribution in [2.24, 2.45) is 5.73 Å². The van der Waals surface area contributed by atoms with E-state index in [0.29, 0.717) is 51.8 Å². The molecule has 0 radical (unpaired) electrons. The number of nitrogens with zero attached hydrogens (tertiary/aromatic N) is 6. The third-order valence-corrected chi connectivity index (χ3v) is 6.69. The standard InChI is InChI=1S/C24H18Cl2FN9S/c25-17-6-14(1-2-19(17)27)32-22-13(8-29)9-30-23-16(22)5-15(7-18(23)26)33-24(21-11-37-12-31-21)20-10-36(4-3-28)35-34-20/h1-2,5-7,9-12,24,33H,3-4,28H2,(H,30,32)/t24-/m1/s1. The van der Waals surface area contributed by atoms with E-state index in [0.717, 1.165) is 5.69 Å². The fourth-order valence-electron chi connectivity index (χ4n) is 3.80. The summed E-state index contributed by atoms with van der Waals surface area (Å²) in [6.07, 6.45) is 3.25. The summed E-state index contributed by atoms with van der Waals surface area (Å²) in [5, 5.41) is 27.6. The maximum absolute atomic E-state index is 13.7. The normalized spacial score (nSPS) is 11.9. The minimum absolute atomic E-state index is 0.0453. The van der Waals surface area contributed by atoms with E-state index in [1.165, 1.54) is 35.7 Å². The SMILES string of the molecule is N#Cc1cnc2c(Cl)cc(N[C@@H](c3cscn3)c3cn(CCN)nn3)cc2c1Nc1ccc(F)c(Cl)c1. The minimum Gasteiger partial charge on any atom is -0.371 e. The van der Waals surface area contributed by atoms with Gasteiger partial charge in [-0.05, 0) is 30.3 Å². The summed E-state index contributed by atoms with van der Waals surface area (Å²) in [6, 6.07) is 9.50. The summed E-state index contributed by atoms with van der Waals surface area (Å²) in [7, 11) is 0. The Hall–Kier alpha value is -3.82. The number of nitrogens with one attached hydrogen (secondary N) is 2. The summed E-state index contributed by atoms with van der Waals surface area (Å²) in [4.78, 5) is 8.84. The number of halogens is 3. The average Bonchev–Trinajstić information content (AvgIpc) is 3.58. The molecule has 2 aromatic carbocycles. The van der Waals surface area contributed by atoms with Crippen molar-refractivity contribution in [3.05, 3.63) is 86.4 Å². The third kappa shape index (κ3) is 5.19. The van der Waals surface area contributed by atoms with Gasteiger partial charge in [0, 0.05) is 34.9 Å². The molecule has 0 unspecified atom stereocenters. The van der Waals surface area contributed by atoms with E-state index in [-0.39, 0.29) is 10.6 Å². The number of rotatable bonds is 8. The number of hydrogen-bond acceptors (Lipinski definition) is 9. The molecule has 0 aliphatic heterocycles. The van der Waals surface area contributed by atoms with Crippen molar-refractivity contribution in [3.63, 3.8) is 0 Å². The number of hydrogen-bond donors (Lipinski definition) is 3. The van der Waals surface area contributed by atoms with Crippen molar-refractivity contribution >= 4 is 62.5 Å². The Labute approximate surface area is 224 Å². The number of nitrogens with two attached hydrogens (primary N) is 1. The second kappa shape index (κ2) is 10.7. The highest BCUT2D eigenvalue weighted by Gasteiger charge is 2.21. The lowest BCUT2D eigenvalue weighted by atomic mass is 10.1. The van der Waals surface area contributed by atoms with Crippen molar-refractivity contribution < 1.29 is 4.39 Å². The number of anilines is 3. The lowest BCUT2D eigenvalue weighted by Crippen LogP contribution is -2.14. The number of nitriles is 1. The molecule has 1 atom stereocenters. The first-order valence-electron chi connectivity index (χ1n) is 11.0. The Morgan fingerprint density at radius 3 is 2.70 bits per heavy atom. The van der Waals surface area contributed by atoms with Gasteiger partial charge >= 0.3 is 0 Å². The Balaban J connectivity index is 1.58. The zero-order chi connectivity index (χ0) is 25.9. The molecule has 13 heteroatoms. The Morgan fingerprint density at radius 2 is 1.97 bits per heavy atom. The maximum Gasteiger partial charge on any atom is 0.141 e. The van der Waals surface area contributed by atoms with Crippen LogP contribution in [0.3, 0.4) is 0 Å². The van der Waals surface area contributed by atoms with Gasteiger partial charge in [-0.3, -0.25) is 9.67 Å². The van der Waals surface area contributed by atoms with E-state index in [2.05, 4.69) is 37.0 Å². The van der Waals surface area contributed by atoms with Gasteiger partial charge in [0.05, 0.1) is 50.8 Å². The molecule has 37 heavy (non-hydrogen) atoms. The minimum atomic E-state index is -0.543. The van der Waals surface area contributed by atoms with Crippen LogP contribution in [-0.2, 0) is 6.54 Å². The topological polar surface area (TPSA) is 130 Å². The maximum atomic E-state index is 13.7. The molecule has 0 aliphatic carbocycles. The summed E-state index contributed by atoms with van der Waals surface area (Å²) >= 11 is 14.1. The molecule has 3 aromatic heterocycles. The molecule has 0 saturated heterocycles. The fourth-order valence-corrected chi connectivity index (χ4v) is 4.83. The smallest absolute Gasteiger partial charge is 0.141 e. The second-order valence-corrected chi connectivity index (χ2v) is 9.49. The van der Waals surface area contributed by atoms with E-state index in [1.807, 2.05) is 17.6 Å². The molecule has 0 aliphatic rings. The molecule has 3 heterocycles. The van der Waals surface area contributed by atoms with E-state index >= 15 is 0 Å². The van der Waals surface area contributed by atoms with Gasteiger partial charge < -0.3 is 16.4 Å². The summed E-state index contributed by atoms with van der Waals surface area (Å²) in [5.41, 5.74) is 11.2. The zero-order valence-electron chi connectivity index (χ0n) is 19.0. The highest BCUT2D eigenvalue weighted by molar-refractivity contribution is 7.07. The molecule has 0 amide bonds. The van der Waals surface area contributed by atoms with Gasteiger partial charge in [-0.2, -0.15) is 5.26 Å². The fraction of sp³-hybridized carbons (Fsp3) is 0.125. The lowest BCUT2D eigenvalue weighted by molar-refractivity contribution is 0.598. The zero-order valence-corrected chi connectivity index (χ0v) is 21.3. The van der Waals surface area contributed by atoms with Crippen LogP contribution in [0.1, 0.15) is 23.0 Å². The molecule has 186 valence electrons. The molecular formula is C24H18Cl2FN9S. The van der Waals surface area contributed by atoms with E-state index in [4.69, 9.17) is 28.9 Å². The molecule has 0 bridgehead atoms. The molecular weight excluding hydrogens is 536 g/mol. The molecule has 5 aromatic rings. The van der Waals surface area contributed by atoms with Gasteiger partial charge in [0.15, 0.2) is 0 Å². The van der Waals surface area contributed by atoms with Crippen LogP contribution >= 0.6 is 34.5 Å². The Bertz CT molecular complexity index is 1620. The Morgan fingerprint density at radius 1 is 1.14 bits per heavy atom. The second-order valence-electron chi connectivity index (χ2n) is 7.95. The first kappa shape index (κ1) is 24.9. The average molecular weight is 554 g/mol. The van der Waals surface area contributed by atoms with Gasteiger partial charge in [-0.1, -0.05) is 28.4 Å². The molecule has 9 nitrogen and oxygen atoms in total. The molecule has 0 saturated carbocycles.